The van der Waals surface area contributed by atoms with Crippen LogP contribution in [-0.2, 0) is 9.59 Å². The van der Waals surface area contributed by atoms with Crippen LogP contribution < -0.4 is 5.32 Å². The number of tetrazole rings is 1. The van der Waals surface area contributed by atoms with E-state index in [-0.39, 0.29) is 23.6 Å². The van der Waals surface area contributed by atoms with Crippen molar-refractivity contribution in [2.45, 2.75) is 37.8 Å². The molecule has 2 N–H and O–H groups in total. The van der Waals surface area contributed by atoms with Crippen molar-refractivity contribution in [1.29, 1.82) is 0 Å². The van der Waals surface area contributed by atoms with Gasteiger partial charge in [-0.25, -0.2) is 4.79 Å². The summed E-state index contributed by atoms with van der Waals surface area (Å²) in [5, 5.41) is 24.6. The van der Waals surface area contributed by atoms with E-state index < -0.39 is 12.0 Å². The van der Waals surface area contributed by atoms with Crippen molar-refractivity contribution in [1.82, 2.24) is 30.0 Å². The van der Waals surface area contributed by atoms with Crippen LogP contribution in [0.5, 0.6) is 0 Å². The first kappa shape index (κ1) is 27.6. The number of aromatic nitrogens is 4. The number of halogens is 1. The van der Waals surface area contributed by atoms with Gasteiger partial charge in [-0.1, -0.05) is 18.0 Å². The summed E-state index contributed by atoms with van der Waals surface area (Å²) in [6.07, 6.45) is 8.48. The van der Waals surface area contributed by atoms with Crippen molar-refractivity contribution >= 4 is 52.1 Å². The number of aromatic carboxylic acids is 1. The summed E-state index contributed by atoms with van der Waals surface area (Å²) < 4.78 is 6.82. The molecule has 2 atom stereocenters. The Balaban J connectivity index is 1.26. The van der Waals surface area contributed by atoms with Gasteiger partial charge in [0, 0.05) is 40.3 Å². The summed E-state index contributed by atoms with van der Waals surface area (Å²) in [7, 11) is 0. The lowest BCUT2D eigenvalue weighted by atomic mass is 10.0. The highest BCUT2D eigenvalue weighted by Crippen LogP contribution is 2.29. The van der Waals surface area contributed by atoms with Crippen molar-refractivity contribution in [3.8, 4) is 5.69 Å². The van der Waals surface area contributed by atoms with Crippen molar-refractivity contribution < 1.29 is 23.9 Å². The van der Waals surface area contributed by atoms with Crippen LogP contribution in [0.2, 0.25) is 5.02 Å². The van der Waals surface area contributed by atoms with Gasteiger partial charge in [-0.2, -0.15) is 4.68 Å². The number of benzene rings is 2. The van der Waals surface area contributed by atoms with Gasteiger partial charge < -0.3 is 19.7 Å². The molecular weight excluding hydrogens is 562 g/mol. The van der Waals surface area contributed by atoms with Gasteiger partial charge in [0.15, 0.2) is 0 Å². The number of rotatable bonds is 7. The molecule has 216 valence electrons. The van der Waals surface area contributed by atoms with Gasteiger partial charge in [0.05, 0.1) is 5.69 Å². The molecule has 13 heteroatoms. The van der Waals surface area contributed by atoms with Crippen LogP contribution in [-0.4, -0.2) is 84.6 Å². The van der Waals surface area contributed by atoms with Crippen LogP contribution in [0.15, 0.2) is 59.3 Å². The topological polar surface area (TPSA) is 147 Å². The fourth-order valence-corrected chi connectivity index (χ4v) is 5.99. The maximum Gasteiger partial charge on any atom is 0.371 e. The highest BCUT2D eigenvalue weighted by atomic mass is 35.5. The van der Waals surface area contributed by atoms with Crippen LogP contribution in [0, 0.1) is 0 Å². The predicted molar refractivity (Wildman–Crippen MR) is 154 cm³/mol. The van der Waals surface area contributed by atoms with Gasteiger partial charge in [0.25, 0.3) is 0 Å². The summed E-state index contributed by atoms with van der Waals surface area (Å²) >= 11 is 6.24. The molecular formula is C29H28ClN7O5. The number of carbonyl (C=O) groups excluding carboxylic acids is 2. The van der Waals surface area contributed by atoms with E-state index in [1.54, 1.807) is 47.4 Å². The molecule has 4 aromatic rings. The van der Waals surface area contributed by atoms with E-state index in [2.05, 4.69) is 25.7 Å². The number of carbonyl (C=O) groups is 3. The van der Waals surface area contributed by atoms with Gasteiger partial charge in [-0.05, 0) is 91.3 Å². The number of nitrogens with one attached hydrogen (secondary N) is 1. The first-order valence-corrected chi connectivity index (χ1v) is 14.1. The maximum atomic E-state index is 13.8. The highest BCUT2D eigenvalue weighted by molar-refractivity contribution is 6.30. The molecule has 42 heavy (non-hydrogen) atoms. The number of amides is 2. The van der Waals surface area contributed by atoms with E-state index in [0.29, 0.717) is 45.9 Å². The molecule has 0 unspecified atom stereocenters. The van der Waals surface area contributed by atoms with Gasteiger partial charge in [-0.3, -0.25) is 14.5 Å². The zero-order chi connectivity index (χ0) is 29.2. The molecule has 2 saturated heterocycles. The number of anilines is 1. The Bertz CT molecular complexity index is 1660. The Kier molecular flexibility index (Phi) is 7.72. The number of furan rings is 1. The minimum Gasteiger partial charge on any atom is -0.475 e. The minimum atomic E-state index is -1.17. The quantitative estimate of drug-likeness (QED) is 0.307. The summed E-state index contributed by atoms with van der Waals surface area (Å²) in [5.41, 5.74) is 2.19. The fraction of sp³-hybridized carbons (Fsp3) is 0.310. The molecule has 2 amide bonds. The number of piperidine rings is 1. The van der Waals surface area contributed by atoms with Crippen molar-refractivity contribution in [2.75, 3.05) is 25.0 Å². The standard InChI is InChI=1S/C29H28ClN7O5/c30-20-5-7-22(37-17-31-33-34-37)18(14-20)4-9-26(38)36-13-10-23(35-11-2-1-3-12-35)27(36)28(39)32-21-6-8-24-19(15-21)16-25(42-24)29(40)41/h4-9,14-17,23,27H,1-3,10-13H2,(H,32,39)(H,40,41)/b9-4+/t23-,27+/m0/s1. The van der Waals surface area contributed by atoms with Gasteiger partial charge in [0.2, 0.25) is 17.6 Å². The molecule has 0 radical (unpaired) electrons. The molecule has 0 bridgehead atoms. The molecule has 2 aliphatic rings. The van der Waals surface area contributed by atoms with Crippen LogP contribution in [0.1, 0.15) is 41.8 Å². The van der Waals surface area contributed by atoms with Gasteiger partial charge in [0.1, 0.15) is 18.0 Å². The number of carboxylic acid groups (broad SMARTS) is 1. The van der Waals surface area contributed by atoms with E-state index in [1.807, 2.05) is 0 Å². The third-order valence-corrected chi connectivity index (χ3v) is 8.00. The Morgan fingerprint density at radius 2 is 1.88 bits per heavy atom. The summed E-state index contributed by atoms with van der Waals surface area (Å²) in [5.74, 6) is -1.95. The van der Waals surface area contributed by atoms with E-state index in [0.717, 1.165) is 32.4 Å². The molecule has 0 aliphatic carbocycles. The predicted octanol–water partition coefficient (Wildman–Crippen LogP) is 3.87. The second-order valence-electron chi connectivity index (χ2n) is 10.4. The van der Waals surface area contributed by atoms with Crippen LogP contribution in [0.3, 0.4) is 0 Å². The molecule has 2 aromatic carbocycles. The monoisotopic (exact) mass is 589 g/mol. The van der Waals surface area contributed by atoms with E-state index in [4.69, 9.17) is 16.0 Å². The molecule has 0 saturated carbocycles. The summed E-state index contributed by atoms with van der Waals surface area (Å²) in [6, 6.07) is 10.7. The molecule has 2 aliphatic heterocycles. The normalized spacial score (nSPS) is 19.5. The van der Waals surface area contributed by atoms with Crippen molar-refractivity contribution in [3.63, 3.8) is 0 Å². The van der Waals surface area contributed by atoms with E-state index in [1.165, 1.54) is 23.2 Å². The minimum absolute atomic E-state index is 0.123. The van der Waals surface area contributed by atoms with E-state index in [9.17, 15) is 19.5 Å². The second kappa shape index (κ2) is 11.7. The van der Waals surface area contributed by atoms with Crippen LogP contribution in [0.25, 0.3) is 22.7 Å². The summed E-state index contributed by atoms with van der Waals surface area (Å²) in [6.45, 7) is 2.19. The lowest BCUT2D eigenvalue weighted by molar-refractivity contribution is -0.134. The molecule has 2 fully saturated rings. The lowest BCUT2D eigenvalue weighted by Gasteiger charge is -2.36. The zero-order valence-corrected chi connectivity index (χ0v) is 23.3. The van der Waals surface area contributed by atoms with Gasteiger partial charge in [-0.15, -0.1) is 5.10 Å². The zero-order valence-electron chi connectivity index (χ0n) is 22.5. The van der Waals surface area contributed by atoms with Gasteiger partial charge >= 0.3 is 5.97 Å². The molecule has 2 aromatic heterocycles. The average Bonchev–Trinajstić information content (AvgIpc) is 3.76. The first-order valence-electron chi connectivity index (χ1n) is 13.7. The summed E-state index contributed by atoms with van der Waals surface area (Å²) in [4.78, 5) is 42.7. The number of fused-ring (bicyclic) bond motifs is 1. The molecule has 0 spiro atoms. The third-order valence-electron chi connectivity index (χ3n) is 7.76. The number of likely N-dealkylation sites (tertiary alicyclic amines) is 2. The van der Waals surface area contributed by atoms with Crippen LogP contribution in [0.4, 0.5) is 5.69 Å². The molecule has 12 nitrogen and oxygen atoms in total. The average molecular weight is 590 g/mol. The van der Waals surface area contributed by atoms with Crippen LogP contribution >= 0.6 is 11.6 Å². The number of hydrogen-bond donors (Lipinski definition) is 2. The first-order chi connectivity index (χ1) is 20.4. The Labute approximate surface area is 245 Å². The number of hydrogen-bond acceptors (Lipinski definition) is 8. The largest absolute Gasteiger partial charge is 0.475 e. The molecule has 6 rings (SSSR count). The third kappa shape index (κ3) is 5.63. The highest BCUT2D eigenvalue weighted by Gasteiger charge is 2.44. The SMILES string of the molecule is O=C(O)c1cc2cc(NC(=O)[C@H]3[C@@H](N4CCCCC4)CCN3C(=O)/C=C/c3cc(Cl)ccc3-n3cnnn3)ccc2o1. The molecule has 4 heterocycles. The Morgan fingerprint density at radius 3 is 2.64 bits per heavy atom. The van der Waals surface area contributed by atoms with Crippen molar-refractivity contribution in [2.24, 2.45) is 0 Å². The smallest absolute Gasteiger partial charge is 0.371 e. The van der Waals surface area contributed by atoms with E-state index >= 15 is 0 Å². The lowest BCUT2D eigenvalue weighted by Crippen LogP contribution is -2.53. The number of nitrogens with zero attached hydrogens (tertiary/aromatic N) is 6. The number of carboxylic acids is 1. The fourth-order valence-electron chi connectivity index (χ4n) is 5.81. The second-order valence-corrected chi connectivity index (χ2v) is 10.8. The Morgan fingerprint density at radius 1 is 1.05 bits per heavy atom. The van der Waals surface area contributed by atoms with Crippen molar-refractivity contribution in [3.05, 3.63) is 71.2 Å². The Hall–Kier alpha value is -4.55. The maximum absolute atomic E-state index is 13.8.